The fraction of sp³-hybridized carbons (Fsp3) is 0.188. The van der Waals surface area contributed by atoms with Gasteiger partial charge in [0.2, 0.25) is 0 Å². The van der Waals surface area contributed by atoms with E-state index < -0.39 is 5.97 Å². The molecule has 1 N–H and O–H groups in total. The average molecular weight is 272 g/mol. The molecule has 0 heterocycles. The smallest absolute Gasteiger partial charge is 0.339 e. The van der Waals surface area contributed by atoms with Gasteiger partial charge < -0.3 is 14.6 Å². The molecule has 4 nitrogen and oxygen atoms in total. The molecule has 4 heteroatoms. The molecule has 2 rings (SSSR count). The summed E-state index contributed by atoms with van der Waals surface area (Å²) in [5.41, 5.74) is 2.08. The second-order valence-electron chi connectivity index (χ2n) is 4.44. The van der Waals surface area contributed by atoms with Crippen molar-refractivity contribution in [3.8, 4) is 11.5 Å². The van der Waals surface area contributed by atoms with Crippen molar-refractivity contribution >= 4 is 5.97 Å². The summed E-state index contributed by atoms with van der Waals surface area (Å²) in [6.07, 6.45) is 0. The van der Waals surface area contributed by atoms with Gasteiger partial charge in [0.25, 0.3) is 0 Å². The van der Waals surface area contributed by atoms with E-state index in [-0.39, 0.29) is 5.56 Å². The quantitative estimate of drug-likeness (QED) is 0.907. The van der Waals surface area contributed by atoms with Crippen molar-refractivity contribution in [3.63, 3.8) is 0 Å². The second-order valence-corrected chi connectivity index (χ2v) is 4.44. The molecule has 2 aromatic rings. The zero-order valence-corrected chi connectivity index (χ0v) is 11.4. The highest BCUT2D eigenvalue weighted by molar-refractivity contribution is 5.91. The third kappa shape index (κ3) is 3.29. The molecule has 0 saturated heterocycles. The molecule has 0 atom stereocenters. The topological polar surface area (TPSA) is 55.8 Å². The van der Waals surface area contributed by atoms with E-state index in [1.807, 2.05) is 31.2 Å². The third-order valence-electron chi connectivity index (χ3n) is 2.92. The first-order chi connectivity index (χ1) is 9.60. The van der Waals surface area contributed by atoms with E-state index in [1.54, 1.807) is 18.2 Å². The molecule has 0 radical (unpaired) electrons. The number of hydrogen-bond donors (Lipinski definition) is 1. The maximum atomic E-state index is 11.1. The molecule has 0 aliphatic heterocycles. The summed E-state index contributed by atoms with van der Waals surface area (Å²) in [5.74, 6) is 0.0823. The summed E-state index contributed by atoms with van der Waals surface area (Å²) in [4.78, 5) is 11.1. The molecular weight excluding hydrogens is 256 g/mol. The van der Waals surface area contributed by atoms with E-state index in [2.05, 4.69) is 0 Å². The first-order valence-corrected chi connectivity index (χ1v) is 6.20. The number of carboxylic acid groups (broad SMARTS) is 1. The van der Waals surface area contributed by atoms with Crippen molar-refractivity contribution < 1.29 is 19.4 Å². The van der Waals surface area contributed by atoms with Crippen LogP contribution in [0.25, 0.3) is 0 Å². The predicted molar refractivity (Wildman–Crippen MR) is 75.5 cm³/mol. The van der Waals surface area contributed by atoms with Crippen molar-refractivity contribution in [2.45, 2.75) is 13.5 Å². The van der Waals surface area contributed by atoms with Crippen LogP contribution in [-0.2, 0) is 6.61 Å². The van der Waals surface area contributed by atoms with Gasteiger partial charge in [-0.2, -0.15) is 0 Å². The molecule has 0 unspecified atom stereocenters. The van der Waals surface area contributed by atoms with E-state index in [0.29, 0.717) is 12.4 Å². The van der Waals surface area contributed by atoms with Gasteiger partial charge in [0.15, 0.2) is 0 Å². The van der Waals surface area contributed by atoms with E-state index in [4.69, 9.17) is 14.6 Å². The zero-order valence-electron chi connectivity index (χ0n) is 11.4. The predicted octanol–water partition coefficient (Wildman–Crippen LogP) is 3.28. The number of rotatable bonds is 5. The minimum Gasteiger partial charge on any atom is -0.496 e. The molecule has 0 saturated carbocycles. The van der Waals surface area contributed by atoms with Gasteiger partial charge in [0.1, 0.15) is 23.7 Å². The Kier molecular flexibility index (Phi) is 4.25. The monoisotopic (exact) mass is 272 g/mol. The van der Waals surface area contributed by atoms with Crippen LogP contribution in [0.2, 0.25) is 0 Å². The average Bonchev–Trinajstić information content (AvgIpc) is 2.46. The lowest BCUT2D eigenvalue weighted by Gasteiger charge is -2.09. The summed E-state index contributed by atoms with van der Waals surface area (Å²) in [6.45, 7) is 2.32. The van der Waals surface area contributed by atoms with Crippen molar-refractivity contribution in [2.75, 3.05) is 7.11 Å². The lowest BCUT2D eigenvalue weighted by Crippen LogP contribution is -2.03. The van der Waals surface area contributed by atoms with Crippen LogP contribution in [0.3, 0.4) is 0 Å². The Morgan fingerprint density at radius 2 is 1.85 bits per heavy atom. The summed E-state index contributed by atoms with van der Waals surface area (Å²) >= 11 is 0. The summed E-state index contributed by atoms with van der Waals surface area (Å²) < 4.78 is 10.6. The SMILES string of the molecule is COc1ccc(COc2ccc(C)cc2)cc1C(=O)O. The van der Waals surface area contributed by atoms with Gasteiger partial charge in [-0.15, -0.1) is 0 Å². The molecule has 0 amide bonds. The maximum Gasteiger partial charge on any atom is 0.339 e. The van der Waals surface area contributed by atoms with Crippen LogP contribution >= 0.6 is 0 Å². The van der Waals surface area contributed by atoms with Gasteiger partial charge in [0, 0.05) is 0 Å². The number of aromatic carboxylic acids is 1. The molecule has 0 aliphatic rings. The maximum absolute atomic E-state index is 11.1. The van der Waals surface area contributed by atoms with Crippen LogP contribution in [0.15, 0.2) is 42.5 Å². The Balaban J connectivity index is 2.11. The fourth-order valence-corrected chi connectivity index (χ4v) is 1.81. The largest absolute Gasteiger partial charge is 0.496 e. The molecule has 2 aromatic carbocycles. The Labute approximate surface area is 117 Å². The standard InChI is InChI=1S/C16H16O4/c1-11-3-6-13(7-4-11)20-10-12-5-8-15(19-2)14(9-12)16(17)18/h3-9H,10H2,1-2H3,(H,17,18). The zero-order chi connectivity index (χ0) is 14.5. The molecule has 0 aromatic heterocycles. The third-order valence-corrected chi connectivity index (χ3v) is 2.92. The lowest BCUT2D eigenvalue weighted by atomic mass is 10.1. The molecule has 0 aliphatic carbocycles. The fourth-order valence-electron chi connectivity index (χ4n) is 1.81. The number of methoxy groups -OCH3 is 1. The highest BCUT2D eigenvalue weighted by Crippen LogP contribution is 2.21. The number of ether oxygens (including phenoxy) is 2. The van der Waals surface area contributed by atoms with Crippen LogP contribution in [0.5, 0.6) is 11.5 Å². The lowest BCUT2D eigenvalue weighted by molar-refractivity contribution is 0.0693. The highest BCUT2D eigenvalue weighted by Gasteiger charge is 2.11. The number of aryl methyl sites for hydroxylation is 1. The van der Waals surface area contributed by atoms with Crippen molar-refractivity contribution in [3.05, 3.63) is 59.2 Å². The Hall–Kier alpha value is -2.49. The molecular formula is C16H16O4. The van der Waals surface area contributed by atoms with E-state index in [1.165, 1.54) is 7.11 Å². The first kappa shape index (κ1) is 13.9. The van der Waals surface area contributed by atoms with Gasteiger partial charge >= 0.3 is 5.97 Å². The van der Waals surface area contributed by atoms with Gasteiger partial charge in [-0.25, -0.2) is 4.79 Å². The Morgan fingerprint density at radius 3 is 2.45 bits per heavy atom. The van der Waals surface area contributed by atoms with Gasteiger partial charge in [-0.05, 0) is 36.8 Å². The van der Waals surface area contributed by atoms with E-state index in [9.17, 15) is 4.79 Å². The number of benzene rings is 2. The Bertz CT molecular complexity index is 602. The summed E-state index contributed by atoms with van der Waals surface area (Å²) in [5, 5.41) is 9.12. The summed E-state index contributed by atoms with van der Waals surface area (Å²) in [6, 6.07) is 12.7. The highest BCUT2D eigenvalue weighted by atomic mass is 16.5. The molecule has 0 fully saturated rings. The minimum absolute atomic E-state index is 0.137. The minimum atomic E-state index is -1.01. The van der Waals surface area contributed by atoms with Crippen molar-refractivity contribution in [1.29, 1.82) is 0 Å². The van der Waals surface area contributed by atoms with E-state index in [0.717, 1.165) is 16.9 Å². The van der Waals surface area contributed by atoms with Crippen molar-refractivity contribution in [1.82, 2.24) is 0 Å². The second kappa shape index (κ2) is 6.10. The molecule has 20 heavy (non-hydrogen) atoms. The Morgan fingerprint density at radius 1 is 1.15 bits per heavy atom. The van der Waals surface area contributed by atoms with Crippen LogP contribution in [0.1, 0.15) is 21.5 Å². The van der Waals surface area contributed by atoms with Gasteiger partial charge in [0.05, 0.1) is 7.11 Å². The molecule has 0 spiro atoms. The van der Waals surface area contributed by atoms with Gasteiger partial charge in [-0.3, -0.25) is 0 Å². The van der Waals surface area contributed by atoms with Crippen molar-refractivity contribution in [2.24, 2.45) is 0 Å². The number of hydrogen-bond acceptors (Lipinski definition) is 3. The summed E-state index contributed by atoms with van der Waals surface area (Å²) in [7, 11) is 1.45. The first-order valence-electron chi connectivity index (χ1n) is 6.20. The normalized spacial score (nSPS) is 10.1. The van der Waals surface area contributed by atoms with E-state index >= 15 is 0 Å². The molecule has 104 valence electrons. The van der Waals surface area contributed by atoms with Gasteiger partial charge in [-0.1, -0.05) is 23.8 Å². The van der Waals surface area contributed by atoms with Crippen LogP contribution in [0.4, 0.5) is 0 Å². The number of carboxylic acids is 1. The number of carbonyl (C=O) groups is 1. The van der Waals surface area contributed by atoms with Crippen LogP contribution in [0, 0.1) is 6.92 Å². The van der Waals surface area contributed by atoms with Crippen LogP contribution < -0.4 is 9.47 Å². The van der Waals surface area contributed by atoms with Crippen LogP contribution in [-0.4, -0.2) is 18.2 Å². The molecule has 0 bridgehead atoms.